The molecular weight excluding hydrogens is 256 g/mol. The minimum Gasteiger partial charge on any atom is -0.466 e. The number of carbonyl (C=O) groups is 4. The quantitative estimate of drug-likeness (QED) is 0.453. The maximum Gasteiger partial charge on any atom is 0.331 e. The Morgan fingerprint density at radius 2 is 2.00 bits per heavy atom. The van der Waals surface area contributed by atoms with Gasteiger partial charge in [0.05, 0.1) is 20.3 Å². The van der Waals surface area contributed by atoms with Crippen molar-refractivity contribution in [3.05, 3.63) is 12.2 Å². The van der Waals surface area contributed by atoms with Gasteiger partial charge < -0.3 is 20.1 Å². The molecule has 0 aromatic carbocycles. The Labute approximate surface area is 109 Å². The van der Waals surface area contributed by atoms with E-state index in [1.54, 1.807) is 0 Å². The Hall–Kier alpha value is -2.38. The second-order valence-electron chi connectivity index (χ2n) is 3.65. The van der Waals surface area contributed by atoms with Crippen molar-refractivity contribution >= 4 is 23.8 Å². The van der Waals surface area contributed by atoms with Crippen LogP contribution in [0.5, 0.6) is 0 Å². The zero-order chi connectivity index (χ0) is 14.3. The molecule has 104 valence electrons. The van der Waals surface area contributed by atoms with E-state index < -0.39 is 18.0 Å². The van der Waals surface area contributed by atoms with Crippen LogP contribution in [0.15, 0.2) is 12.2 Å². The molecule has 1 atom stereocenters. The summed E-state index contributed by atoms with van der Waals surface area (Å²) < 4.78 is 9.05. The first-order valence-electron chi connectivity index (χ1n) is 5.53. The summed E-state index contributed by atoms with van der Waals surface area (Å²) in [5, 5.41) is 4.87. The van der Waals surface area contributed by atoms with Gasteiger partial charge in [-0.1, -0.05) is 0 Å². The summed E-state index contributed by atoms with van der Waals surface area (Å²) in [6.45, 7) is -0.0975. The van der Waals surface area contributed by atoms with Crippen molar-refractivity contribution in [1.82, 2.24) is 10.6 Å². The van der Waals surface area contributed by atoms with E-state index in [0.717, 1.165) is 12.2 Å². The van der Waals surface area contributed by atoms with Gasteiger partial charge in [0.25, 0.3) is 0 Å². The van der Waals surface area contributed by atoms with Gasteiger partial charge in [-0.15, -0.1) is 0 Å². The highest BCUT2D eigenvalue weighted by molar-refractivity contribution is 5.94. The Kier molecular flexibility index (Phi) is 5.52. The number of hydrogen-bond acceptors (Lipinski definition) is 6. The molecule has 0 radical (unpaired) electrons. The molecule has 0 unspecified atom stereocenters. The smallest absolute Gasteiger partial charge is 0.331 e. The van der Waals surface area contributed by atoms with Crippen LogP contribution in [-0.2, 0) is 28.7 Å². The highest BCUT2D eigenvalue weighted by Gasteiger charge is 2.25. The standard InChI is InChI=1S/C11H14N2O6/c1-18-9(15)2-3-10(16)19-5-4-7-11(17)12-6-8(14)13-7/h2-3,7H,4-6H2,1H3,(H,12,17)(H,13,14)/b3-2+/t7-/m1/s1. The average Bonchev–Trinajstić information content (AvgIpc) is 2.40. The Morgan fingerprint density at radius 1 is 1.32 bits per heavy atom. The first-order chi connectivity index (χ1) is 9.02. The molecule has 2 amide bonds. The predicted octanol–water partition coefficient (Wildman–Crippen LogP) is -1.74. The van der Waals surface area contributed by atoms with Gasteiger partial charge >= 0.3 is 11.9 Å². The fourth-order valence-electron chi connectivity index (χ4n) is 1.33. The van der Waals surface area contributed by atoms with Crippen molar-refractivity contribution in [1.29, 1.82) is 0 Å². The van der Waals surface area contributed by atoms with Gasteiger partial charge in [0.15, 0.2) is 0 Å². The largest absolute Gasteiger partial charge is 0.466 e. The van der Waals surface area contributed by atoms with Crippen molar-refractivity contribution < 1.29 is 28.7 Å². The lowest BCUT2D eigenvalue weighted by Gasteiger charge is -2.22. The summed E-state index contributed by atoms with van der Waals surface area (Å²) in [4.78, 5) is 44.2. The molecule has 19 heavy (non-hydrogen) atoms. The van der Waals surface area contributed by atoms with Crippen molar-refractivity contribution in [2.24, 2.45) is 0 Å². The van der Waals surface area contributed by atoms with E-state index in [0.29, 0.717) is 0 Å². The summed E-state index contributed by atoms with van der Waals surface area (Å²) >= 11 is 0. The van der Waals surface area contributed by atoms with Gasteiger partial charge in [0.2, 0.25) is 11.8 Å². The molecule has 1 rings (SSSR count). The van der Waals surface area contributed by atoms with Gasteiger partial charge in [0, 0.05) is 18.6 Å². The molecule has 0 bridgehead atoms. The molecule has 0 spiro atoms. The summed E-state index contributed by atoms with van der Waals surface area (Å²) in [5.74, 6) is -2.01. The molecule has 0 aromatic heterocycles. The SMILES string of the molecule is COC(=O)/C=C/C(=O)OCC[C@H]1NC(=O)CNC1=O. The number of amides is 2. The summed E-state index contributed by atoms with van der Waals surface area (Å²) in [5.41, 5.74) is 0. The number of piperazine rings is 1. The number of hydrogen-bond donors (Lipinski definition) is 2. The monoisotopic (exact) mass is 270 g/mol. The molecule has 1 heterocycles. The van der Waals surface area contributed by atoms with Crippen molar-refractivity contribution in [3.8, 4) is 0 Å². The molecule has 0 saturated carbocycles. The number of methoxy groups -OCH3 is 1. The summed E-state index contributed by atoms with van der Waals surface area (Å²) in [7, 11) is 1.18. The molecule has 1 aliphatic rings. The van der Waals surface area contributed by atoms with E-state index in [4.69, 9.17) is 4.74 Å². The van der Waals surface area contributed by atoms with E-state index in [1.165, 1.54) is 7.11 Å². The lowest BCUT2D eigenvalue weighted by Crippen LogP contribution is -2.56. The van der Waals surface area contributed by atoms with E-state index in [1.807, 2.05) is 0 Å². The van der Waals surface area contributed by atoms with Crippen LogP contribution in [0.1, 0.15) is 6.42 Å². The topological polar surface area (TPSA) is 111 Å². The zero-order valence-electron chi connectivity index (χ0n) is 10.3. The van der Waals surface area contributed by atoms with Crippen LogP contribution in [0.25, 0.3) is 0 Å². The second kappa shape index (κ2) is 7.14. The maximum absolute atomic E-state index is 11.3. The van der Waals surface area contributed by atoms with Crippen molar-refractivity contribution in [2.45, 2.75) is 12.5 Å². The van der Waals surface area contributed by atoms with Crippen LogP contribution in [0.3, 0.4) is 0 Å². The molecule has 8 nitrogen and oxygen atoms in total. The third-order valence-electron chi connectivity index (χ3n) is 2.28. The molecular formula is C11H14N2O6. The van der Waals surface area contributed by atoms with Gasteiger partial charge in [-0.3, -0.25) is 9.59 Å². The van der Waals surface area contributed by atoms with Crippen LogP contribution >= 0.6 is 0 Å². The summed E-state index contributed by atoms with van der Waals surface area (Å²) in [6, 6.07) is -0.710. The molecule has 2 N–H and O–H groups in total. The normalized spacial score (nSPS) is 18.7. The fraction of sp³-hybridized carbons (Fsp3) is 0.455. The highest BCUT2D eigenvalue weighted by atomic mass is 16.5. The van der Waals surface area contributed by atoms with E-state index in [2.05, 4.69) is 15.4 Å². The first kappa shape index (κ1) is 14.7. The van der Waals surface area contributed by atoms with Gasteiger partial charge in [0.1, 0.15) is 6.04 Å². The average molecular weight is 270 g/mol. The van der Waals surface area contributed by atoms with Crippen LogP contribution in [0.4, 0.5) is 0 Å². The molecule has 1 fully saturated rings. The van der Waals surface area contributed by atoms with Gasteiger partial charge in [-0.25, -0.2) is 9.59 Å². The number of esters is 2. The minimum atomic E-state index is -0.729. The van der Waals surface area contributed by atoms with Crippen molar-refractivity contribution in [3.63, 3.8) is 0 Å². The number of carbonyl (C=O) groups excluding carboxylic acids is 4. The molecule has 1 saturated heterocycles. The number of ether oxygens (including phenoxy) is 2. The minimum absolute atomic E-state index is 0.0447. The fourth-order valence-corrected chi connectivity index (χ4v) is 1.33. The Morgan fingerprint density at radius 3 is 2.68 bits per heavy atom. The van der Waals surface area contributed by atoms with Gasteiger partial charge in [-0.2, -0.15) is 0 Å². The van der Waals surface area contributed by atoms with E-state index in [9.17, 15) is 19.2 Å². The Bertz CT molecular complexity index is 417. The van der Waals surface area contributed by atoms with Crippen molar-refractivity contribution in [2.75, 3.05) is 20.3 Å². The van der Waals surface area contributed by atoms with Crippen LogP contribution in [0.2, 0.25) is 0 Å². The third-order valence-corrected chi connectivity index (χ3v) is 2.28. The molecule has 0 aromatic rings. The number of rotatable bonds is 5. The lowest BCUT2D eigenvalue weighted by atomic mass is 10.1. The Balaban J connectivity index is 2.27. The third kappa shape index (κ3) is 5.19. The lowest BCUT2D eigenvalue weighted by molar-refractivity contribution is -0.140. The zero-order valence-corrected chi connectivity index (χ0v) is 10.3. The van der Waals surface area contributed by atoms with Crippen LogP contribution < -0.4 is 10.6 Å². The molecule has 0 aliphatic carbocycles. The van der Waals surface area contributed by atoms with Gasteiger partial charge in [-0.05, 0) is 0 Å². The maximum atomic E-state index is 11.3. The van der Waals surface area contributed by atoms with E-state index >= 15 is 0 Å². The molecule has 1 aliphatic heterocycles. The number of nitrogens with one attached hydrogen (secondary N) is 2. The van der Waals surface area contributed by atoms with Crippen LogP contribution in [-0.4, -0.2) is 50.1 Å². The first-order valence-corrected chi connectivity index (χ1v) is 5.53. The second-order valence-corrected chi connectivity index (χ2v) is 3.65. The van der Waals surface area contributed by atoms with E-state index in [-0.39, 0.29) is 31.4 Å². The van der Waals surface area contributed by atoms with Crippen LogP contribution in [0, 0.1) is 0 Å². The summed E-state index contributed by atoms with van der Waals surface area (Å²) in [6.07, 6.45) is 2.01. The molecule has 8 heteroatoms. The highest BCUT2D eigenvalue weighted by Crippen LogP contribution is 1.98. The predicted molar refractivity (Wildman–Crippen MR) is 61.7 cm³/mol.